The highest BCUT2D eigenvalue weighted by molar-refractivity contribution is 6.33. The molecule has 0 spiro atoms. The first-order valence-corrected chi connectivity index (χ1v) is 13.1. The lowest BCUT2D eigenvalue weighted by molar-refractivity contribution is -0.0408. The Morgan fingerprint density at radius 3 is 2.49 bits per heavy atom. The fourth-order valence-electron chi connectivity index (χ4n) is 5.24. The highest BCUT2D eigenvalue weighted by Crippen LogP contribution is 2.39. The number of aromatic nitrogens is 1. The predicted molar refractivity (Wildman–Crippen MR) is 141 cm³/mol. The van der Waals surface area contributed by atoms with Gasteiger partial charge in [0.05, 0.1) is 10.7 Å². The fourth-order valence-corrected chi connectivity index (χ4v) is 5.53. The lowest BCUT2D eigenvalue weighted by Gasteiger charge is -2.48. The zero-order chi connectivity index (χ0) is 25.3. The Kier molecular flexibility index (Phi) is 7.51. The van der Waals surface area contributed by atoms with E-state index >= 15 is 0 Å². The number of piperidine rings is 2. The second kappa shape index (κ2) is 10.3. The molecule has 2 aliphatic rings. The van der Waals surface area contributed by atoms with Crippen molar-refractivity contribution in [3.8, 4) is 5.75 Å². The minimum atomic E-state index is -0.493. The number of hydrogen-bond acceptors (Lipinski definition) is 5. The number of halogens is 1. The van der Waals surface area contributed by atoms with Crippen LogP contribution in [0.2, 0.25) is 5.02 Å². The summed E-state index contributed by atoms with van der Waals surface area (Å²) in [5.74, 6) is 1.64. The first kappa shape index (κ1) is 25.6. The van der Waals surface area contributed by atoms with Crippen LogP contribution in [0.4, 0.5) is 16.3 Å². The maximum Gasteiger partial charge on any atom is 0.410 e. The zero-order valence-electron chi connectivity index (χ0n) is 21.8. The van der Waals surface area contributed by atoms with Gasteiger partial charge in [0, 0.05) is 42.2 Å². The lowest BCUT2D eigenvalue weighted by atomic mass is 9.83. The molecule has 6 nitrogen and oxygen atoms in total. The van der Waals surface area contributed by atoms with Crippen LogP contribution in [0.25, 0.3) is 0 Å². The van der Waals surface area contributed by atoms with E-state index in [1.807, 2.05) is 63.9 Å². The van der Waals surface area contributed by atoms with Crippen LogP contribution < -0.4 is 10.1 Å². The molecule has 3 heterocycles. The number of ether oxygens (including phenoxy) is 2. The van der Waals surface area contributed by atoms with E-state index in [1.165, 1.54) is 0 Å². The van der Waals surface area contributed by atoms with E-state index in [9.17, 15) is 4.79 Å². The molecule has 1 amide bonds. The van der Waals surface area contributed by atoms with Crippen LogP contribution in [0.1, 0.15) is 76.5 Å². The summed E-state index contributed by atoms with van der Waals surface area (Å²) in [5.41, 5.74) is 3.50. The number of carbonyl (C=O) groups is 1. The standard InChI is InChI=1S/C28H38ClN3O3/c1-7-19-16-30-26(31-24-12-11-17(2)13-23(24)29)18(3)25(19)34-22-14-20-9-8-10-21(15-22)32(20)27(33)35-28(4,5)6/h11-13,16,20-22H,7-10,14-15H2,1-6H3,(H,30,31). The van der Waals surface area contributed by atoms with Crippen LogP contribution in [-0.4, -0.2) is 39.8 Å². The molecule has 35 heavy (non-hydrogen) atoms. The quantitative estimate of drug-likeness (QED) is 0.465. The van der Waals surface area contributed by atoms with Crippen molar-refractivity contribution in [2.24, 2.45) is 0 Å². The smallest absolute Gasteiger partial charge is 0.410 e. The van der Waals surface area contributed by atoms with Gasteiger partial charge < -0.3 is 19.7 Å². The van der Waals surface area contributed by atoms with Crippen molar-refractivity contribution in [1.29, 1.82) is 0 Å². The highest BCUT2D eigenvalue weighted by atomic mass is 35.5. The average Bonchev–Trinajstić information content (AvgIpc) is 2.76. The third kappa shape index (κ3) is 5.85. The third-order valence-electron chi connectivity index (χ3n) is 6.92. The van der Waals surface area contributed by atoms with Gasteiger partial charge in [-0.3, -0.25) is 0 Å². The Labute approximate surface area is 214 Å². The van der Waals surface area contributed by atoms with Gasteiger partial charge in [-0.15, -0.1) is 0 Å². The molecule has 2 aliphatic heterocycles. The average molecular weight is 500 g/mol. The third-order valence-corrected chi connectivity index (χ3v) is 7.23. The molecule has 4 rings (SSSR count). The van der Waals surface area contributed by atoms with E-state index in [0.29, 0.717) is 5.02 Å². The maximum absolute atomic E-state index is 12.9. The van der Waals surface area contributed by atoms with Crippen LogP contribution in [0.3, 0.4) is 0 Å². The first-order valence-electron chi connectivity index (χ1n) is 12.7. The molecule has 190 valence electrons. The summed E-state index contributed by atoms with van der Waals surface area (Å²) in [7, 11) is 0. The SMILES string of the molecule is CCc1cnc(Nc2ccc(C)cc2Cl)c(C)c1OC1CC2CCCC(C1)N2C(=O)OC(C)(C)C. The van der Waals surface area contributed by atoms with E-state index in [0.717, 1.165) is 72.5 Å². The van der Waals surface area contributed by atoms with E-state index in [-0.39, 0.29) is 24.3 Å². The van der Waals surface area contributed by atoms with Crippen LogP contribution >= 0.6 is 11.6 Å². The van der Waals surface area contributed by atoms with E-state index in [4.69, 9.17) is 21.1 Å². The lowest BCUT2D eigenvalue weighted by Crippen LogP contribution is -2.57. The largest absolute Gasteiger partial charge is 0.490 e. The number of carbonyl (C=O) groups excluding carboxylic acids is 1. The molecule has 1 N–H and O–H groups in total. The molecule has 0 aliphatic carbocycles. The monoisotopic (exact) mass is 499 g/mol. The normalized spacial score (nSPS) is 22.0. The Morgan fingerprint density at radius 2 is 1.89 bits per heavy atom. The van der Waals surface area contributed by atoms with Gasteiger partial charge in [0.15, 0.2) is 0 Å². The number of pyridine rings is 1. The van der Waals surface area contributed by atoms with Gasteiger partial charge in [-0.25, -0.2) is 9.78 Å². The predicted octanol–water partition coefficient (Wildman–Crippen LogP) is 7.36. The summed E-state index contributed by atoms with van der Waals surface area (Å²) in [4.78, 5) is 19.6. The van der Waals surface area contributed by atoms with E-state index < -0.39 is 5.60 Å². The van der Waals surface area contributed by atoms with Crippen molar-refractivity contribution in [2.45, 2.75) is 104 Å². The van der Waals surface area contributed by atoms with E-state index in [1.54, 1.807) is 0 Å². The van der Waals surface area contributed by atoms with Crippen molar-refractivity contribution in [1.82, 2.24) is 9.88 Å². The molecule has 7 heteroatoms. The Balaban J connectivity index is 1.54. The van der Waals surface area contributed by atoms with Crippen molar-refractivity contribution in [3.63, 3.8) is 0 Å². The van der Waals surface area contributed by atoms with Crippen molar-refractivity contribution in [2.75, 3.05) is 5.32 Å². The van der Waals surface area contributed by atoms with Gasteiger partial charge in [-0.2, -0.15) is 0 Å². The van der Waals surface area contributed by atoms with Crippen LogP contribution in [-0.2, 0) is 11.2 Å². The number of nitrogens with zero attached hydrogens (tertiary/aromatic N) is 2. The van der Waals surface area contributed by atoms with Gasteiger partial charge in [-0.05, 0) is 78.0 Å². The minimum absolute atomic E-state index is 0.0474. The summed E-state index contributed by atoms with van der Waals surface area (Å²) in [6.45, 7) is 11.9. The highest BCUT2D eigenvalue weighted by Gasteiger charge is 2.43. The number of aryl methyl sites for hydroxylation is 2. The molecular weight excluding hydrogens is 462 g/mol. The van der Waals surface area contributed by atoms with Gasteiger partial charge in [0.1, 0.15) is 23.3 Å². The zero-order valence-corrected chi connectivity index (χ0v) is 22.5. The number of nitrogens with one attached hydrogen (secondary N) is 1. The molecule has 2 unspecified atom stereocenters. The number of rotatable bonds is 5. The van der Waals surface area contributed by atoms with Crippen molar-refractivity contribution >= 4 is 29.2 Å². The molecule has 2 saturated heterocycles. The molecular formula is C28H38ClN3O3. The Hall–Kier alpha value is -2.47. The van der Waals surface area contributed by atoms with Gasteiger partial charge in [0.25, 0.3) is 0 Å². The van der Waals surface area contributed by atoms with Crippen LogP contribution in [0.5, 0.6) is 5.75 Å². The number of amides is 1. The summed E-state index contributed by atoms with van der Waals surface area (Å²) < 4.78 is 12.4. The van der Waals surface area contributed by atoms with Crippen molar-refractivity contribution in [3.05, 3.63) is 46.1 Å². The second-order valence-electron chi connectivity index (χ2n) is 10.9. The summed E-state index contributed by atoms with van der Waals surface area (Å²) in [6, 6.07) is 6.24. The van der Waals surface area contributed by atoms with Gasteiger partial charge in [0.2, 0.25) is 0 Å². The topological polar surface area (TPSA) is 63.7 Å². The summed E-state index contributed by atoms with van der Waals surface area (Å²) >= 11 is 6.46. The number of hydrogen-bond donors (Lipinski definition) is 1. The van der Waals surface area contributed by atoms with E-state index in [2.05, 4.69) is 17.2 Å². The number of anilines is 2. The molecule has 2 fully saturated rings. The second-order valence-corrected chi connectivity index (χ2v) is 11.3. The van der Waals surface area contributed by atoms with Crippen LogP contribution in [0.15, 0.2) is 24.4 Å². The molecule has 0 radical (unpaired) electrons. The Morgan fingerprint density at radius 1 is 1.20 bits per heavy atom. The van der Waals surface area contributed by atoms with Gasteiger partial charge >= 0.3 is 6.09 Å². The number of fused-ring (bicyclic) bond motifs is 2. The summed E-state index contributed by atoms with van der Waals surface area (Å²) in [6.07, 6.45) is 7.32. The maximum atomic E-state index is 12.9. The molecule has 2 atom stereocenters. The first-order chi connectivity index (χ1) is 16.6. The minimum Gasteiger partial charge on any atom is -0.490 e. The van der Waals surface area contributed by atoms with Crippen molar-refractivity contribution < 1.29 is 14.3 Å². The Bertz CT molecular complexity index is 1070. The van der Waals surface area contributed by atoms with Gasteiger partial charge in [-0.1, -0.05) is 24.6 Å². The molecule has 2 bridgehead atoms. The fraction of sp³-hybridized carbons (Fsp3) is 0.571. The molecule has 0 saturated carbocycles. The molecule has 1 aromatic carbocycles. The molecule has 2 aromatic rings. The molecule has 1 aromatic heterocycles. The summed E-state index contributed by atoms with van der Waals surface area (Å²) in [5, 5.41) is 4.05. The number of benzene rings is 1. The van der Waals surface area contributed by atoms with Crippen LogP contribution in [0, 0.1) is 13.8 Å².